The molecule has 0 aliphatic rings. The van der Waals surface area contributed by atoms with Crippen LogP contribution < -0.4 is 9.47 Å². The van der Waals surface area contributed by atoms with E-state index in [1.165, 1.54) is 11.1 Å². The average molecular weight is 432 g/mol. The van der Waals surface area contributed by atoms with Gasteiger partial charge in [-0.25, -0.2) is 0 Å². The van der Waals surface area contributed by atoms with Gasteiger partial charge in [0.25, 0.3) is 0 Å². The number of nitrogens with zero attached hydrogens (tertiary/aromatic N) is 1. The summed E-state index contributed by atoms with van der Waals surface area (Å²) in [5.41, 5.74) is 6.43. The number of benzene rings is 2. The quantitative estimate of drug-likeness (QED) is 0.219. The molecule has 0 radical (unpaired) electrons. The molecule has 4 heteroatoms. The lowest BCUT2D eigenvalue weighted by Crippen LogP contribution is -2.04. The predicted molar refractivity (Wildman–Crippen MR) is 132 cm³/mol. The fourth-order valence-corrected chi connectivity index (χ4v) is 3.20. The molecule has 0 amide bonds. The van der Waals surface area contributed by atoms with Gasteiger partial charge in [0.15, 0.2) is 18.3 Å². The van der Waals surface area contributed by atoms with Crippen LogP contribution in [0, 0.1) is 11.3 Å². The number of methoxy groups -OCH3 is 2. The third kappa shape index (κ3) is 8.09. The molecule has 32 heavy (non-hydrogen) atoms. The Labute approximate surface area is 192 Å². The van der Waals surface area contributed by atoms with Gasteiger partial charge >= 0.3 is 0 Å². The van der Waals surface area contributed by atoms with Crippen LogP contribution >= 0.6 is 0 Å². The Morgan fingerprint density at radius 2 is 1.69 bits per heavy atom. The Balaban J connectivity index is 2.30. The summed E-state index contributed by atoms with van der Waals surface area (Å²) in [5.74, 6) is 1.38. The number of hydrogen-bond donors (Lipinski definition) is 0. The van der Waals surface area contributed by atoms with E-state index in [0.29, 0.717) is 17.1 Å². The fourth-order valence-electron chi connectivity index (χ4n) is 3.20. The van der Waals surface area contributed by atoms with Crippen molar-refractivity contribution in [3.8, 4) is 17.6 Å². The molecule has 0 saturated carbocycles. The lowest BCUT2D eigenvalue weighted by molar-refractivity contribution is 0.0485. The number of nitriles is 1. The van der Waals surface area contributed by atoms with Gasteiger partial charge in [0, 0.05) is 12.7 Å². The molecule has 2 aromatic carbocycles. The highest BCUT2D eigenvalue weighted by Crippen LogP contribution is 2.34. The molecular formula is C28H33NO3. The molecule has 4 nitrogen and oxygen atoms in total. The maximum absolute atomic E-state index is 8.96. The third-order valence-electron chi connectivity index (χ3n) is 4.96. The highest BCUT2D eigenvalue weighted by atomic mass is 16.7. The first-order chi connectivity index (χ1) is 15.5. The van der Waals surface area contributed by atoms with Crippen molar-refractivity contribution in [2.24, 2.45) is 0 Å². The van der Waals surface area contributed by atoms with Crippen molar-refractivity contribution in [3.05, 3.63) is 82.0 Å². The first kappa shape index (κ1) is 25.0. The van der Waals surface area contributed by atoms with Gasteiger partial charge in [-0.1, -0.05) is 47.6 Å². The average Bonchev–Trinajstić information content (AvgIpc) is 2.80. The van der Waals surface area contributed by atoms with E-state index in [1.54, 1.807) is 14.2 Å². The van der Waals surface area contributed by atoms with Crippen LogP contribution in [-0.2, 0) is 11.2 Å². The second-order valence-electron chi connectivity index (χ2n) is 7.90. The summed E-state index contributed by atoms with van der Waals surface area (Å²) in [4.78, 5) is 0. The van der Waals surface area contributed by atoms with Crippen LogP contribution in [0.3, 0.4) is 0 Å². The van der Waals surface area contributed by atoms with E-state index in [9.17, 15) is 0 Å². The minimum Gasteiger partial charge on any atom is -0.493 e. The van der Waals surface area contributed by atoms with Gasteiger partial charge in [0.05, 0.1) is 18.7 Å². The van der Waals surface area contributed by atoms with E-state index in [4.69, 9.17) is 19.5 Å². The molecule has 0 aromatic heterocycles. The smallest absolute Gasteiger partial charge is 0.188 e. The molecule has 0 aliphatic heterocycles. The zero-order chi connectivity index (χ0) is 23.3. The van der Waals surface area contributed by atoms with E-state index in [0.717, 1.165) is 36.0 Å². The number of ether oxygens (including phenoxy) is 3. The van der Waals surface area contributed by atoms with Gasteiger partial charge in [0.2, 0.25) is 0 Å². The topological polar surface area (TPSA) is 51.5 Å². The lowest BCUT2D eigenvalue weighted by atomic mass is 10.0. The zero-order valence-electron chi connectivity index (χ0n) is 19.8. The fraction of sp³-hybridized carbons (Fsp3) is 0.321. The van der Waals surface area contributed by atoms with E-state index >= 15 is 0 Å². The van der Waals surface area contributed by atoms with Crippen LogP contribution in [0.5, 0.6) is 11.5 Å². The highest BCUT2D eigenvalue weighted by molar-refractivity contribution is 5.72. The second-order valence-corrected chi connectivity index (χ2v) is 7.90. The summed E-state index contributed by atoms with van der Waals surface area (Å²) in [6.07, 6.45) is 11.4. The Morgan fingerprint density at radius 3 is 2.31 bits per heavy atom. The molecular weight excluding hydrogens is 398 g/mol. The minimum absolute atomic E-state index is 0.160. The maximum Gasteiger partial charge on any atom is 0.188 e. The van der Waals surface area contributed by atoms with Crippen molar-refractivity contribution in [2.75, 3.05) is 21.0 Å². The molecule has 2 rings (SSSR count). The summed E-state index contributed by atoms with van der Waals surface area (Å²) in [6, 6.07) is 13.7. The Bertz CT molecular complexity index is 1000. The van der Waals surface area contributed by atoms with Gasteiger partial charge < -0.3 is 14.2 Å². The van der Waals surface area contributed by atoms with E-state index in [-0.39, 0.29) is 6.79 Å². The van der Waals surface area contributed by atoms with Crippen molar-refractivity contribution in [2.45, 2.75) is 40.0 Å². The summed E-state index contributed by atoms with van der Waals surface area (Å²) in [7, 11) is 3.25. The largest absolute Gasteiger partial charge is 0.493 e. The highest BCUT2D eigenvalue weighted by Gasteiger charge is 2.12. The molecule has 0 atom stereocenters. The van der Waals surface area contributed by atoms with Gasteiger partial charge in [-0.05, 0) is 75.4 Å². The Hall–Kier alpha value is -3.29. The summed E-state index contributed by atoms with van der Waals surface area (Å²) in [5, 5.41) is 8.96. The molecule has 168 valence electrons. The van der Waals surface area contributed by atoms with Gasteiger partial charge in [-0.3, -0.25) is 0 Å². The van der Waals surface area contributed by atoms with Gasteiger partial charge in [-0.15, -0.1) is 0 Å². The molecule has 0 aliphatic carbocycles. The van der Waals surface area contributed by atoms with Crippen LogP contribution in [0.15, 0.2) is 59.7 Å². The summed E-state index contributed by atoms with van der Waals surface area (Å²) >= 11 is 0. The molecule has 0 fully saturated rings. The van der Waals surface area contributed by atoms with E-state index in [2.05, 4.69) is 45.1 Å². The normalized spacial score (nSPS) is 11.3. The first-order valence-electron chi connectivity index (χ1n) is 10.8. The second kappa shape index (κ2) is 13.2. The van der Waals surface area contributed by atoms with Crippen LogP contribution in [-0.4, -0.2) is 21.0 Å². The SMILES string of the molecule is COCOc1c(C/C=C(\C)CCC=C(C)C)cc(/C=C/c2ccc(C#N)cc2)cc1OC. The number of allylic oxidation sites excluding steroid dienone is 4. The van der Waals surface area contributed by atoms with E-state index < -0.39 is 0 Å². The van der Waals surface area contributed by atoms with Gasteiger partial charge in [0.1, 0.15) is 0 Å². The Kier molecular flexibility index (Phi) is 10.3. The van der Waals surface area contributed by atoms with Crippen LogP contribution in [0.4, 0.5) is 0 Å². The third-order valence-corrected chi connectivity index (χ3v) is 4.96. The van der Waals surface area contributed by atoms with Crippen LogP contribution in [0.25, 0.3) is 12.2 Å². The first-order valence-corrected chi connectivity index (χ1v) is 10.8. The minimum atomic E-state index is 0.160. The Morgan fingerprint density at radius 1 is 0.969 bits per heavy atom. The predicted octanol–water partition coefficient (Wildman–Crippen LogP) is 6.96. The standard InChI is InChI=1S/C28H33NO3/c1-21(2)7-6-8-22(3)9-16-26-17-25(18-27(31-5)28(26)32-20-30-4)15-12-23-10-13-24(19-29)14-11-23/h7,9-15,17-18H,6,8,16,20H2,1-5H3/b15-12+,22-9+. The van der Waals surface area contributed by atoms with Crippen molar-refractivity contribution < 1.29 is 14.2 Å². The molecule has 0 bridgehead atoms. The van der Waals surface area contributed by atoms with Crippen molar-refractivity contribution in [1.29, 1.82) is 5.26 Å². The van der Waals surface area contributed by atoms with Crippen LogP contribution in [0.1, 0.15) is 55.9 Å². The molecule has 0 saturated heterocycles. The van der Waals surface area contributed by atoms with E-state index in [1.807, 2.05) is 42.5 Å². The number of hydrogen-bond acceptors (Lipinski definition) is 4. The van der Waals surface area contributed by atoms with Crippen molar-refractivity contribution >= 4 is 12.2 Å². The molecule has 0 spiro atoms. The van der Waals surface area contributed by atoms with Gasteiger partial charge in [-0.2, -0.15) is 5.26 Å². The maximum atomic E-state index is 8.96. The zero-order valence-corrected chi connectivity index (χ0v) is 19.8. The van der Waals surface area contributed by atoms with Crippen molar-refractivity contribution in [1.82, 2.24) is 0 Å². The monoisotopic (exact) mass is 431 g/mol. The summed E-state index contributed by atoms with van der Waals surface area (Å²) in [6.45, 7) is 6.58. The summed E-state index contributed by atoms with van der Waals surface area (Å²) < 4.78 is 16.6. The molecule has 0 heterocycles. The lowest BCUT2D eigenvalue weighted by Gasteiger charge is -2.15. The molecule has 0 unspecified atom stereocenters. The van der Waals surface area contributed by atoms with Crippen LogP contribution in [0.2, 0.25) is 0 Å². The molecule has 0 N–H and O–H groups in total. The molecule has 2 aromatic rings. The number of rotatable bonds is 11. The van der Waals surface area contributed by atoms with Crippen molar-refractivity contribution in [3.63, 3.8) is 0 Å².